The van der Waals surface area contributed by atoms with E-state index in [4.69, 9.17) is 13.8 Å². The topological polar surface area (TPSA) is 103 Å². The SMILES string of the molecule is CCC(CC)c1cc(C(=O)NC2(c3noc([C@H]4CCCO4)n3)CCCCCC2)on1. The summed E-state index contributed by atoms with van der Waals surface area (Å²) in [5.74, 6) is 1.32. The molecule has 1 saturated heterocycles. The van der Waals surface area contributed by atoms with Gasteiger partial charge in [-0.15, -0.1) is 0 Å². The molecule has 0 unspecified atom stereocenters. The summed E-state index contributed by atoms with van der Waals surface area (Å²) < 4.78 is 16.6. The third-order valence-corrected chi connectivity index (χ3v) is 6.54. The normalized spacial score (nSPS) is 21.6. The van der Waals surface area contributed by atoms with Gasteiger partial charge >= 0.3 is 0 Å². The molecule has 0 aromatic carbocycles. The van der Waals surface area contributed by atoms with Gasteiger partial charge in [-0.05, 0) is 38.5 Å². The molecule has 1 aliphatic carbocycles. The molecular formula is C22H32N4O4. The zero-order chi connectivity index (χ0) is 21.0. The van der Waals surface area contributed by atoms with E-state index in [1.54, 1.807) is 6.07 Å². The number of hydrogen-bond donors (Lipinski definition) is 1. The van der Waals surface area contributed by atoms with Gasteiger partial charge < -0.3 is 19.1 Å². The van der Waals surface area contributed by atoms with Crippen LogP contribution < -0.4 is 5.32 Å². The van der Waals surface area contributed by atoms with E-state index in [0.29, 0.717) is 24.2 Å². The second-order valence-corrected chi connectivity index (χ2v) is 8.54. The maximum atomic E-state index is 13.1. The minimum Gasteiger partial charge on any atom is -0.368 e. The molecule has 1 amide bonds. The number of hydrogen-bond acceptors (Lipinski definition) is 7. The highest BCUT2D eigenvalue weighted by Crippen LogP contribution is 2.37. The molecule has 1 atom stereocenters. The molecule has 8 nitrogen and oxygen atoms in total. The van der Waals surface area contributed by atoms with Crippen molar-refractivity contribution in [3.8, 4) is 0 Å². The molecule has 1 N–H and O–H groups in total. The number of ether oxygens (including phenoxy) is 1. The van der Waals surface area contributed by atoms with E-state index >= 15 is 0 Å². The maximum Gasteiger partial charge on any atom is 0.290 e. The first-order valence-corrected chi connectivity index (χ1v) is 11.4. The average Bonchev–Trinajstić information content (AvgIpc) is 3.50. The van der Waals surface area contributed by atoms with Gasteiger partial charge in [0.1, 0.15) is 11.6 Å². The Balaban J connectivity index is 1.57. The number of aromatic nitrogens is 3. The van der Waals surface area contributed by atoms with Crippen molar-refractivity contribution in [2.45, 2.75) is 95.6 Å². The lowest BCUT2D eigenvalue weighted by atomic mass is 9.89. The Labute approximate surface area is 177 Å². The molecule has 0 radical (unpaired) electrons. The van der Waals surface area contributed by atoms with Crippen LogP contribution in [0.3, 0.4) is 0 Å². The van der Waals surface area contributed by atoms with E-state index in [2.05, 4.69) is 34.5 Å². The Hall–Kier alpha value is -2.22. The van der Waals surface area contributed by atoms with Crippen LogP contribution >= 0.6 is 0 Å². The van der Waals surface area contributed by atoms with E-state index in [0.717, 1.165) is 69.9 Å². The molecule has 2 aromatic heterocycles. The third kappa shape index (κ3) is 4.29. The van der Waals surface area contributed by atoms with Gasteiger partial charge in [0.05, 0.1) is 5.69 Å². The summed E-state index contributed by atoms with van der Waals surface area (Å²) in [6.07, 6.45) is 9.48. The van der Waals surface area contributed by atoms with Crippen LogP contribution in [0, 0.1) is 0 Å². The van der Waals surface area contributed by atoms with E-state index in [9.17, 15) is 4.79 Å². The molecule has 164 valence electrons. The minimum absolute atomic E-state index is 0.137. The summed E-state index contributed by atoms with van der Waals surface area (Å²) in [4.78, 5) is 17.8. The van der Waals surface area contributed by atoms with Gasteiger partial charge in [0, 0.05) is 18.6 Å². The fourth-order valence-corrected chi connectivity index (χ4v) is 4.64. The Morgan fingerprint density at radius 2 is 1.90 bits per heavy atom. The van der Waals surface area contributed by atoms with Gasteiger partial charge in [0.15, 0.2) is 5.82 Å². The molecular weight excluding hydrogens is 384 g/mol. The van der Waals surface area contributed by atoms with Crippen molar-refractivity contribution < 1.29 is 18.6 Å². The molecule has 2 fully saturated rings. The minimum atomic E-state index is -0.657. The Kier molecular flexibility index (Phi) is 6.51. The molecule has 3 heterocycles. The van der Waals surface area contributed by atoms with E-state index < -0.39 is 5.54 Å². The van der Waals surface area contributed by atoms with Crippen LogP contribution in [0.1, 0.15) is 118 Å². The number of nitrogens with one attached hydrogen (secondary N) is 1. The van der Waals surface area contributed by atoms with Crippen molar-refractivity contribution in [1.82, 2.24) is 20.6 Å². The third-order valence-electron chi connectivity index (χ3n) is 6.54. The number of rotatable bonds is 7. The first-order chi connectivity index (χ1) is 14.6. The summed E-state index contributed by atoms with van der Waals surface area (Å²) in [6, 6.07) is 1.77. The van der Waals surface area contributed by atoms with Crippen molar-refractivity contribution in [3.63, 3.8) is 0 Å². The van der Waals surface area contributed by atoms with Crippen LogP contribution in [-0.4, -0.2) is 27.8 Å². The van der Waals surface area contributed by atoms with E-state index in [1.807, 2.05) is 0 Å². The summed E-state index contributed by atoms with van der Waals surface area (Å²) >= 11 is 0. The predicted molar refractivity (Wildman–Crippen MR) is 109 cm³/mol. The van der Waals surface area contributed by atoms with Crippen LogP contribution in [0.2, 0.25) is 0 Å². The number of carbonyl (C=O) groups is 1. The molecule has 30 heavy (non-hydrogen) atoms. The van der Waals surface area contributed by atoms with Crippen LogP contribution in [0.5, 0.6) is 0 Å². The van der Waals surface area contributed by atoms with Crippen molar-refractivity contribution in [2.75, 3.05) is 6.61 Å². The Bertz CT molecular complexity index is 828. The fourth-order valence-electron chi connectivity index (χ4n) is 4.64. The first kappa shape index (κ1) is 21.0. The summed E-state index contributed by atoms with van der Waals surface area (Å²) in [6.45, 7) is 4.95. The first-order valence-electron chi connectivity index (χ1n) is 11.4. The van der Waals surface area contributed by atoms with Crippen LogP contribution in [-0.2, 0) is 10.3 Å². The monoisotopic (exact) mass is 416 g/mol. The number of carbonyl (C=O) groups excluding carboxylic acids is 1. The Morgan fingerprint density at radius 1 is 1.13 bits per heavy atom. The number of amides is 1. The lowest BCUT2D eigenvalue weighted by Gasteiger charge is -2.30. The van der Waals surface area contributed by atoms with Crippen LogP contribution in [0.4, 0.5) is 0 Å². The zero-order valence-corrected chi connectivity index (χ0v) is 18.0. The van der Waals surface area contributed by atoms with Crippen molar-refractivity contribution in [2.24, 2.45) is 0 Å². The van der Waals surface area contributed by atoms with Crippen LogP contribution in [0.15, 0.2) is 15.1 Å². The number of nitrogens with zero attached hydrogens (tertiary/aromatic N) is 3. The molecule has 0 bridgehead atoms. The standard InChI is InChI=1S/C22H32N4O4/c1-3-15(4-2)16-14-18(29-25-16)19(27)24-22(11-7-5-6-8-12-22)21-23-20(30-26-21)17-10-9-13-28-17/h14-15,17H,3-13H2,1-2H3,(H,24,27)/t17-/m1/s1. The van der Waals surface area contributed by atoms with Crippen molar-refractivity contribution in [1.29, 1.82) is 0 Å². The highest BCUT2D eigenvalue weighted by atomic mass is 16.5. The molecule has 2 aliphatic rings. The quantitative estimate of drug-likeness (QED) is 0.647. The molecule has 1 saturated carbocycles. The summed E-state index contributed by atoms with van der Waals surface area (Å²) in [5, 5.41) is 11.6. The highest BCUT2D eigenvalue weighted by molar-refractivity contribution is 5.92. The predicted octanol–water partition coefficient (Wildman–Crippen LogP) is 4.79. The molecule has 1 aliphatic heterocycles. The maximum absolute atomic E-state index is 13.1. The second-order valence-electron chi connectivity index (χ2n) is 8.54. The lowest BCUT2D eigenvalue weighted by Crippen LogP contribution is -2.46. The van der Waals surface area contributed by atoms with Gasteiger partial charge in [-0.3, -0.25) is 4.79 Å². The van der Waals surface area contributed by atoms with Gasteiger partial charge in [-0.25, -0.2) is 0 Å². The molecule has 2 aromatic rings. The lowest BCUT2D eigenvalue weighted by molar-refractivity contribution is 0.0828. The highest BCUT2D eigenvalue weighted by Gasteiger charge is 2.40. The molecule has 0 spiro atoms. The molecule has 4 rings (SSSR count). The smallest absolute Gasteiger partial charge is 0.290 e. The van der Waals surface area contributed by atoms with Gasteiger partial charge in [-0.1, -0.05) is 49.8 Å². The summed E-state index contributed by atoms with van der Waals surface area (Å²) in [7, 11) is 0. The largest absolute Gasteiger partial charge is 0.368 e. The fraction of sp³-hybridized carbons (Fsp3) is 0.727. The van der Waals surface area contributed by atoms with Crippen molar-refractivity contribution in [3.05, 3.63) is 29.2 Å². The zero-order valence-electron chi connectivity index (χ0n) is 18.0. The summed E-state index contributed by atoms with van der Waals surface area (Å²) in [5.41, 5.74) is 0.177. The average molecular weight is 417 g/mol. The molecule has 8 heteroatoms. The van der Waals surface area contributed by atoms with E-state index in [-0.39, 0.29) is 17.8 Å². The van der Waals surface area contributed by atoms with Gasteiger partial charge in [-0.2, -0.15) is 4.98 Å². The van der Waals surface area contributed by atoms with Crippen molar-refractivity contribution >= 4 is 5.91 Å². The van der Waals surface area contributed by atoms with E-state index in [1.165, 1.54) is 0 Å². The van der Waals surface area contributed by atoms with Gasteiger partial charge in [0.2, 0.25) is 5.76 Å². The second kappa shape index (κ2) is 9.29. The Morgan fingerprint density at radius 3 is 2.57 bits per heavy atom. The van der Waals surface area contributed by atoms with Gasteiger partial charge in [0.25, 0.3) is 11.8 Å². The van der Waals surface area contributed by atoms with Crippen LogP contribution in [0.25, 0.3) is 0 Å².